The maximum absolute atomic E-state index is 11.2. The molecular formula is C14H17N3O3. The number of carboxylic acid groups (broad SMARTS) is 1. The molecule has 6 heteroatoms. The maximum atomic E-state index is 11.2. The number of aromatic nitrogens is 2. The van der Waals surface area contributed by atoms with E-state index in [2.05, 4.69) is 10.00 Å². The van der Waals surface area contributed by atoms with Gasteiger partial charge < -0.3 is 9.84 Å². The van der Waals surface area contributed by atoms with E-state index in [0.717, 1.165) is 44.9 Å². The number of carbonyl (C=O) groups is 1. The van der Waals surface area contributed by atoms with Gasteiger partial charge in [0, 0.05) is 31.2 Å². The summed E-state index contributed by atoms with van der Waals surface area (Å²) in [5.41, 5.74) is 1.03. The van der Waals surface area contributed by atoms with Crippen LogP contribution in [0.25, 0.3) is 10.9 Å². The minimum absolute atomic E-state index is 0.306. The average molecular weight is 275 g/mol. The number of hydrogen-bond donors (Lipinski definition) is 1. The van der Waals surface area contributed by atoms with E-state index >= 15 is 0 Å². The first-order valence-corrected chi connectivity index (χ1v) is 6.73. The monoisotopic (exact) mass is 275 g/mol. The van der Waals surface area contributed by atoms with Crippen molar-refractivity contribution in [2.24, 2.45) is 0 Å². The van der Waals surface area contributed by atoms with Crippen molar-refractivity contribution in [2.45, 2.75) is 6.54 Å². The molecule has 2 aromatic rings. The summed E-state index contributed by atoms with van der Waals surface area (Å²) in [6, 6.07) is 5.18. The van der Waals surface area contributed by atoms with Crippen LogP contribution in [0.2, 0.25) is 0 Å². The highest BCUT2D eigenvalue weighted by Crippen LogP contribution is 2.17. The van der Waals surface area contributed by atoms with Crippen molar-refractivity contribution in [1.82, 2.24) is 14.7 Å². The van der Waals surface area contributed by atoms with Crippen LogP contribution in [0, 0.1) is 0 Å². The van der Waals surface area contributed by atoms with Crippen molar-refractivity contribution in [3.8, 4) is 0 Å². The Morgan fingerprint density at radius 1 is 1.30 bits per heavy atom. The predicted octanol–water partition coefficient (Wildman–Crippen LogP) is 1.07. The minimum atomic E-state index is -0.914. The van der Waals surface area contributed by atoms with E-state index in [1.165, 1.54) is 0 Å². The van der Waals surface area contributed by atoms with Crippen molar-refractivity contribution in [2.75, 3.05) is 32.8 Å². The van der Waals surface area contributed by atoms with E-state index in [4.69, 9.17) is 9.84 Å². The van der Waals surface area contributed by atoms with Gasteiger partial charge in [0.15, 0.2) is 0 Å². The molecule has 106 valence electrons. The highest BCUT2D eigenvalue weighted by Gasteiger charge is 2.13. The van der Waals surface area contributed by atoms with Crippen LogP contribution in [-0.4, -0.2) is 58.6 Å². The molecule has 1 aromatic heterocycles. The predicted molar refractivity (Wildman–Crippen MR) is 74.0 cm³/mol. The number of nitrogens with zero attached hydrogens (tertiary/aromatic N) is 3. The molecule has 0 bridgehead atoms. The van der Waals surface area contributed by atoms with E-state index in [1.54, 1.807) is 12.1 Å². The molecule has 0 radical (unpaired) electrons. The Morgan fingerprint density at radius 3 is 2.85 bits per heavy atom. The van der Waals surface area contributed by atoms with Gasteiger partial charge in [-0.05, 0) is 12.1 Å². The topological polar surface area (TPSA) is 67.6 Å². The second kappa shape index (κ2) is 5.60. The van der Waals surface area contributed by atoms with Crippen LogP contribution >= 0.6 is 0 Å². The molecule has 0 atom stereocenters. The zero-order valence-electron chi connectivity index (χ0n) is 11.2. The first-order chi connectivity index (χ1) is 9.74. The van der Waals surface area contributed by atoms with Crippen LogP contribution < -0.4 is 0 Å². The first-order valence-electron chi connectivity index (χ1n) is 6.73. The van der Waals surface area contributed by atoms with Crippen molar-refractivity contribution in [3.63, 3.8) is 0 Å². The van der Waals surface area contributed by atoms with Gasteiger partial charge in [0.25, 0.3) is 0 Å². The van der Waals surface area contributed by atoms with Gasteiger partial charge in [-0.2, -0.15) is 5.10 Å². The van der Waals surface area contributed by atoms with Gasteiger partial charge in [0.05, 0.1) is 30.8 Å². The zero-order valence-corrected chi connectivity index (χ0v) is 11.2. The number of ether oxygens (including phenoxy) is 1. The normalized spacial score (nSPS) is 16.6. The molecule has 3 rings (SSSR count). The molecule has 0 unspecified atom stereocenters. The van der Waals surface area contributed by atoms with E-state index in [-0.39, 0.29) is 0 Å². The van der Waals surface area contributed by atoms with Crippen molar-refractivity contribution >= 4 is 16.9 Å². The highest BCUT2D eigenvalue weighted by molar-refractivity contribution is 6.02. The van der Waals surface area contributed by atoms with Gasteiger partial charge in [-0.3, -0.25) is 9.58 Å². The van der Waals surface area contributed by atoms with Crippen molar-refractivity contribution in [1.29, 1.82) is 0 Å². The highest BCUT2D eigenvalue weighted by atomic mass is 16.5. The van der Waals surface area contributed by atoms with Crippen LogP contribution in [0.15, 0.2) is 24.4 Å². The van der Waals surface area contributed by atoms with E-state index < -0.39 is 5.97 Å². The van der Waals surface area contributed by atoms with Crippen molar-refractivity contribution < 1.29 is 14.6 Å². The Hall–Kier alpha value is -1.92. The molecule has 1 fully saturated rings. The fraction of sp³-hybridized carbons (Fsp3) is 0.429. The first kappa shape index (κ1) is 13.1. The number of fused-ring (bicyclic) bond motifs is 1. The van der Waals surface area contributed by atoms with Crippen LogP contribution in [-0.2, 0) is 11.3 Å². The van der Waals surface area contributed by atoms with Gasteiger partial charge in [-0.25, -0.2) is 4.79 Å². The number of morpholine rings is 1. The lowest BCUT2D eigenvalue weighted by molar-refractivity contribution is 0.0360. The maximum Gasteiger partial charge on any atom is 0.336 e. The lowest BCUT2D eigenvalue weighted by atomic mass is 10.1. The van der Waals surface area contributed by atoms with Gasteiger partial charge >= 0.3 is 5.97 Å². The summed E-state index contributed by atoms with van der Waals surface area (Å²) in [5, 5.41) is 14.3. The van der Waals surface area contributed by atoms with Crippen LogP contribution in [0.1, 0.15) is 10.4 Å². The molecule has 6 nitrogen and oxygen atoms in total. The summed E-state index contributed by atoms with van der Waals surface area (Å²) in [6.07, 6.45) is 1.82. The molecule has 0 aliphatic carbocycles. The molecule has 0 amide bonds. The largest absolute Gasteiger partial charge is 0.478 e. The van der Waals surface area contributed by atoms with Gasteiger partial charge in [0.1, 0.15) is 0 Å². The zero-order chi connectivity index (χ0) is 13.9. The Labute approximate surface area is 116 Å². The molecule has 1 saturated heterocycles. The Bertz CT molecular complexity index is 617. The number of benzene rings is 1. The number of hydrogen-bond acceptors (Lipinski definition) is 4. The van der Waals surface area contributed by atoms with Gasteiger partial charge in [-0.1, -0.05) is 6.07 Å². The quantitative estimate of drug-likeness (QED) is 0.904. The molecule has 2 heterocycles. The fourth-order valence-corrected chi connectivity index (χ4v) is 2.46. The minimum Gasteiger partial charge on any atom is -0.478 e. The standard InChI is InChI=1S/C14H17N3O3/c18-14(19)11-2-1-3-13-12(11)10-17(15-13)5-4-16-6-8-20-9-7-16/h1-3,10H,4-9H2,(H,18,19). The van der Waals surface area contributed by atoms with Crippen molar-refractivity contribution in [3.05, 3.63) is 30.0 Å². The SMILES string of the molecule is O=C(O)c1cccc2nn(CCN3CCOCC3)cc12. The summed E-state index contributed by atoms with van der Waals surface area (Å²) in [5.74, 6) is -0.914. The Kier molecular flexibility index (Phi) is 3.66. The molecule has 0 saturated carbocycles. The molecule has 1 aliphatic heterocycles. The lowest BCUT2D eigenvalue weighted by Gasteiger charge is -2.26. The second-order valence-corrected chi connectivity index (χ2v) is 4.89. The van der Waals surface area contributed by atoms with E-state index in [1.807, 2.05) is 16.9 Å². The number of rotatable bonds is 4. The number of aromatic carboxylic acids is 1. The molecule has 0 spiro atoms. The third-order valence-corrected chi connectivity index (χ3v) is 3.58. The summed E-state index contributed by atoms with van der Waals surface area (Å²) in [6.45, 7) is 5.12. The van der Waals surface area contributed by atoms with E-state index in [0.29, 0.717) is 10.9 Å². The lowest BCUT2D eigenvalue weighted by Crippen LogP contribution is -2.38. The molecule has 1 aromatic carbocycles. The van der Waals surface area contributed by atoms with Gasteiger partial charge in [-0.15, -0.1) is 0 Å². The molecular weight excluding hydrogens is 258 g/mol. The molecule has 20 heavy (non-hydrogen) atoms. The number of carboxylic acids is 1. The average Bonchev–Trinajstić information content (AvgIpc) is 2.88. The Balaban J connectivity index is 1.75. The summed E-state index contributed by atoms with van der Waals surface area (Å²) in [4.78, 5) is 13.5. The summed E-state index contributed by atoms with van der Waals surface area (Å²) in [7, 11) is 0. The van der Waals surface area contributed by atoms with E-state index in [9.17, 15) is 4.79 Å². The summed E-state index contributed by atoms with van der Waals surface area (Å²) < 4.78 is 7.14. The molecule has 1 N–H and O–H groups in total. The fourth-order valence-electron chi connectivity index (χ4n) is 2.46. The Morgan fingerprint density at radius 2 is 2.10 bits per heavy atom. The van der Waals surface area contributed by atoms with Crippen LogP contribution in [0.4, 0.5) is 0 Å². The smallest absolute Gasteiger partial charge is 0.336 e. The third kappa shape index (κ3) is 2.66. The van der Waals surface area contributed by atoms with Crippen LogP contribution in [0.5, 0.6) is 0 Å². The third-order valence-electron chi connectivity index (χ3n) is 3.58. The summed E-state index contributed by atoms with van der Waals surface area (Å²) >= 11 is 0. The molecule has 1 aliphatic rings. The van der Waals surface area contributed by atoms with Crippen LogP contribution in [0.3, 0.4) is 0 Å². The second-order valence-electron chi connectivity index (χ2n) is 4.89. The van der Waals surface area contributed by atoms with Gasteiger partial charge in [0.2, 0.25) is 0 Å².